The van der Waals surface area contributed by atoms with Gasteiger partial charge < -0.3 is 9.80 Å². The van der Waals surface area contributed by atoms with E-state index < -0.39 is 0 Å². The normalized spacial score (nSPS) is 12.2. The number of anilines is 6. The molecule has 0 bridgehead atoms. The van der Waals surface area contributed by atoms with E-state index in [9.17, 15) is 0 Å². The van der Waals surface area contributed by atoms with Gasteiger partial charge in [-0.25, -0.2) is 0 Å². The summed E-state index contributed by atoms with van der Waals surface area (Å²) in [6.07, 6.45) is 0. The maximum Gasteiger partial charge on any atom is 0.0640 e. The number of rotatable bonds is 8. The van der Waals surface area contributed by atoms with E-state index in [0.717, 1.165) is 0 Å². The highest BCUT2D eigenvalue weighted by Gasteiger charge is 2.28. The van der Waals surface area contributed by atoms with E-state index in [2.05, 4.69) is 223 Å². The van der Waals surface area contributed by atoms with Crippen LogP contribution in [0.1, 0.15) is 72.9 Å². The van der Waals surface area contributed by atoms with E-state index in [1.54, 1.807) is 0 Å². The second-order valence-corrected chi connectivity index (χ2v) is 21.3. The van der Waals surface area contributed by atoms with E-state index in [4.69, 9.17) is 0 Å². The maximum atomic E-state index is 2.59. The highest BCUT2D eigenvalue weighted by atomic mass is 32.1. The van der Waals surface area contributed by atoms with Crippen molar-refractivity contribution in [1.82, 2.24) is 0 Å². The van der Waals surface area contributed by atoms with E-state index in [1.165, 1.54) is 140 Å². The van der Waals surface area contributed by atoms with Crippen LogP contribution in [0.25, 0.3) is 72.7 Å². The molecule has 0 amide bonds. The summed E-state index contributed by atoms with van der Waals surface area (Å²) < 4.78 is 5.23. The Labute approximate surface area is 395 Å². The minimum Gasteiger partial charge on any atom is -0.308 e. The number of fused-ring (bicyclic) bond motifs is 6. The van der Waals surface area contributed by atoms with Crippen LogP contribution < -0.4 is 9.80 Å². The minimum atomic E-state index is 0.288. The van der Waals surface area contributed by atoms with Gasteiger partial charge in [-0.1, -0.05) is 125 Å². The van der Waals surface area contributed by atoms with Crippen LogP contribution in [0.2, 0.25) is 0 Å². The Balaban J connectivity index is 1.22. The van der Waals surface area contributed by atoms with Crippen molar-refractivity contribution in [2.24, 2.45) is 0 Å². The van der Waals surface area contributed by atoms with Gasteiger partial charge in [0.05, 0.1) is 32.1 Å². The molecule has 4 heteroatoms. The summed E-state index contributed by atoms with van der Waals surface area (Å²) in [5.74, 6) is 0.576. The van der Waals surface area contributed by atoms with Gasteiger partial charge in [0.15, 0.2) is 0 Å². The Morgan fingerprint density at radius 1 is 0.333 bits per heavy atom. The zero-order valence-corrected chi connectivity index (χ0v) is 40.5. The predicted octanol–water partition coefficient (Wildman–Crippen LogP) is 19.7. The first-order valence-electron chi connectivity index (χ1n) is 23.4. The van der Waals surface area contributed by atoms with Crippen molar-refractivity contribution in [3.8, 4) is 0 Å². The van der Waals surface area contributed by atoms with Crippen molar-refractivity contribution < 1.29 is 0 Å². The first kappa shape index (κ1) is 40.8. The molecule has 2 heterocycles. The molecule has 0 radical (unpaired) electrons. The van der Waals surface area contributed by atoms with E-state index >= 15 is 0 Å². The molecule has 0 aliphatic heterocycles. The van der Waals surface area contributed by atoms with Gasteiger partial charge in [0.1, 0.15) is 0 Å². The number of nitrogens with zero attached hydrogens (tertiary/aromatic N) is 2. The fourth-order valence-electron chi connectivity index (χ4n) is 11.1. The van der Waals surface area contributed by atoms with Crippen molar-refractivity contribution in [3.63, 3.8) is 0 Å². The summed E-state index contributed by atoms with van der Waals surface area (Å²) in [7, 11) is 0. The maximum absolute atomic E-state index is 2.59. The highest BCUT2D eigenvalue weighted by molar-refractivity contribution is 7.26. The Morgan fingerprint density at radius 3 is 1.09 bits per heavy atom. The third-order valence-corrected chi connectivity index (χ3v) is 16.2. The van der Waals surface area contributed by atoms with Crippen molar-refractivity contribution in [3.05, 3.63) is 191 Å². The van der Waals surface area contributed by atoms with Gasteiger partial charge in [-0.3, -0.25) is 0 Å². The monoisotopic (exact) mass is 888 g/mol. The fraction of sp³-hybridized carbons (Fsp3) is 0.161. The molecule has 0 spiro atoms. The highest BCUT2D eigenvalue weighted by Crippen LogP contribution is 2.54. The van der Waals surface area contributed by atoms with E-state index in [1.807, 2.05) is 22.7 Å². The van der Waals surface area contributed by atoms with Crippen LogP contribution in [-0.2, 0) is 0 Å². The molecule has 0 N–H and O–H groups in total. The first-order chi connectivity index (χ1) is 32.0. The second-order valence-electron chi connectivity index (χ2n) is 19.2. The molecule has 0 saturated carbocycles. The number of benzene rings is 10. The third kappa shape index (κ3) is 6.33. The molecule has 0 unspecified atom stereocenters. The zero-order chi connectivity index (χ0) is 45.1. The van der Waals surface area contributed by atoms with E-state index in [-0.39, 0.29) is 11.8 Å². The van der Waals surface area contributed by atoms with Gasteiger partial charge in [-0.2, -0.15) is 0 Å². The number of thiophene rings is 2. The SMILES string of the molecule is Cc1cc(C)cc(N(c2cc(C(C)C)c3ccc4c(N(c5cc(C)cc(C)c5)c5cccc6c5sc5ccccc56)cc(C(C)C)c5ccc2c3c54)c2cccc3c2sc2ccccc23)c1. The summed E-state index contributed by atoms with van der Waals surface area (Å²) >= 11 is 3.80. The molecule has 0 aliphatic rings. The Hall–Kier alpha value is -6.72. The van der Waals surface area contributed by atoms with Crippen LogP contribution in [0.3, 0.4) is 0 Å². The fourth-order valence-corrected chi connectivity index (χ4v) is 13.5. The van der Waals surface area contributed by atoms with Gasteiger partial charge in [0.2, 0.25) is 0 Å². The topological polar surface area (TPSA) is 6.48 Å². The molecular weight excluding hydrogens is 837 g/mol. The zero-order valence-electron chi connectivity index (χ0n) is 38.9. The Kier molecular flexibility index (Phi) is 9.54. The lowest BCUT2D eigenvalue weighted by molar-refractivity contribution is 0.875. The minimum absolute atomic E-state index is 0.288. The molecule has 12 aromatic rings. The van der Waals surface area contributed by atoms with Gasteiger partial charge >= 0.3 is 0 Å². The molecule has 0 saturated heterocycles. The Bertz CT molecular complexity index is 3610. The average molecular weight is 889 g/mol. The molecule has 10 aromatic carbocycles. The van der Waals surface area contributed by atoms with Crippen LogP contribution >= 0.6 is 22.7 Å². The summed E-state index contributed by atoms with van der Waals surface area (Å²) in [5.41, 5.74) is 15.0. The number of hydrogen-bond acceptors (Lipinski definition) is 4. The van der Waals surface area contributed by atoms with Crippen molar-refractivity contribution in [2.45, 2.75) is 67.2 Å². The standard InChI is InChI=1S/C62H52N2S2/c1-35(2)51-33-55(63(41-29-37(5)27-38(6)30-41)53-19-13-17-47-43-15-9-11-21-57(43)65-61(47)53)49-26-24-46-52(36(3)4)34-56(50-25-23-45(51)59(49)60(46)50)64(42-31-39(7)28-40(8)32-42)54-20-14-18-48-44-16-10-12-22-58(44)66-62(48)54/h9-36H,1-8H3. The third-order valence-electron chi connectivity index (χ3n) is 13.8. The summed E-state index contributed by atoms with van der Waals surface area (Å²) in [5, 5.41) is 13.1. The van der Waals surface area contributed by atoms with Crippen LogP contribution in [0, 0.1) is 27.7 Å². The molecule has 2 nitrogen and oxygen atoms in total. The molecular formula is C62H52N2S2. The average Bonchev–Trinajstić information content (AvgIpc) is 3.88. The molecule has 12 rings (SSSR count). The quantitative estimate of drug-likeness (QED) is 0.140. The van der Waals surface area contributed by atoms with Crippen molar-refractivity contribution >= 4 is 129 Å². The lowest BCUT2D eigenvalue weighted by Gasteiger charge is -2.32. The summed E-state index contributed by atoms with van der Waals surface area (Å²) in [6, 6.07) is 60.4. The Morgan fingerprint density at radius 2 is 0.697 bits per heavy atom. The van der Waals surface area contributed by atoms with Crippen molar-refractivity contribution in [1.29, 1.82) is 0 Å². The van der Waals surface area contributed by atoms with Crippen molar-refractivity contribution in [2.75, 3.05) is 9.80 Å². The molecule has 0 aliphatic carbocycles. The summed E-state index contributed by atoms with van der Waals surface area (Å²) in [6.45, 7) is 18.4. The molecule has 2 aromatic heterocycles. The van der Waals surface area contributed by atoms with Gasteiger partial charge in [0.25, 0.3) is 0 Å². The van der Waals surface area contributed by atoms with Crippen LogP contribution in [0.5, 0.6) is 0 Å². The molecule has 66 heavy (non-hydrogen) atoms. The molecule has 0 fully saturated rings. The summed E-state index contributed by atoms with van der Waals surface area (Å²) in [4.78, 5) is 5.17. The van der Waals surface area contributed by atoms with Gasteiger partial charge in [-0.15, -0.1) is 22.7 Å². The van der Waals surface area contributed by atoms with E-state index in [0.29, 0.717) is 0 Å². The smallest absolute Gasteiger partial charge is 0.0640 e. The molecule has 0 atom stereocenters. The van der Waals surface area contributed by atoms with Crippen LogP contribution in [0.15, 0.2) is 158 Å². The van der Waals surface area contributed by atoms with Crippen LogP contribution in [0.4, 0.5) is 34.1 Å². The number of hydrogen-bond donors (Lipinski definition) is 0. The molecule has 322 valence electrons. The predicted molar refractivity (Wildman–Crippen MR) is 292 cm³/mol. The lowest BCUT2D eigenvalue weighted by atomic mass is 9.84. The van der Waals surface area contributed by atoms with Gasteiger partial charge in [0, 0.05) is 53.1 Å². The second kappa shape index (κ2) is 15.4. The number of aryl methyl sites for hydroxylation is 4. The first-order valence-corrected chi connectivity index (χ1v) is 25.0. The van der Waals surface area contributed by atoms with Gasteiger partial charge in [-0.05, 0) is 155 Å². The largest absolute Gasteiger partial charge is 0.308 e. The lowest BCUT2D eigenvalue weighted by Crippen LogP contribution is -2.13. The van der Waals surface area contributed by atoms with Crippen LogP contribution in [-0.4, -0.2) is 0 Å².